The molecular weight excluding hydrogens is 242 g/mol. The third-order valence-corrected chi connectivity index (χ3v) is 3.46. The van der Waals surface area contributed by atoms with Crippen LogP contribution in [0.1, 0.15) is 23.8 Å². The highest BCUT2D eigenvalue weighted by atomic mass is 16.3. The molecule has 0 saturated carbocycles. The molecule has 4 nitrogen and oxygen atoms in total. The Hall–Kier alpha value is -2.07. The summed E-state index contributed by atoms with van der Waals surface area (Å²) >= 11 is 0. The molecule has 1 amide bonds. The summed E-state index contributed by atoms with van der Waals surface area (Å²) in [5, 5.41) is 9.78. The first-order chi connectivity index (χ1) is 9.25. The van der Waals surface area contributed by atoms with Gasteiger partial charge < -0.3 is 14.4 Å². The standard InChI is InChI=1S/C15H15NO3/c17-13-9-12(14-7-4-8-19-14)16(15(13)18)10-11-5-2-1-3-6-11/h1-8,12-13,17H,9-10H2/t12-,13+/m0/s1. The molecule has 3 rings (SSSR count). The molecule has 1 aromatic carbocycles. The molecule has 1 aromatic heterocycles. The van der Waals surface area contributed by atoms with Crippen molar-refractivity contribution in [2.45, 2.75) is 25.1 Å². The van der Waals surface area contributed by atoms with Crippen molar-refractivity contribution in [3.8, 4) is 0 Å². The minimum absolute atomic E-state index is 0.183. The van der Waals surface area contributed by atoms with E-state index in [1.165, 1.54) is 0 Å². The van der Waals surface area contributed by atoms with Gasteiger partial charge in [0.1, 0.15) is 11.9 Å². The minimum Gasteiger partial charge on any atom is -0.467 e. The molecule has 0 spiro atoms. The van der Waals surface area contributed by atoms with Crippen molar-refractivity contribution in [2.24, 2.45) is 0 Å². The van der Waals surface area contributed by atoms with Gasteiger partial charge in [-0.1, -0.05) is 30.3 Å². The van der Waals surface area contributed by atoms with Crippen molar-refractivity contribution in [3.05, 3.63) is 60.1 Å². The molecule has 1 N–H and O–H groups in total. The van der Waals surface area contributed by atoms with E-state index in [1.54, 1.807) is 17.2 Å². The highest BCUT2D eigenvalue weighted by Gasteiger charge is 2.40. The van der Waals surface area contributed by atoms with Gasteiger partial charge in [-0.2, -0.15) is 0 Å². The summed E-state index contributed by atoms with van der Waals surface area (Å²) in [6, 6.07) is 13.2. The third-order valence-electron chi connectivity index (χ3n) is 3.46. The number of likely N-dealkylation sites (tertiary alicyclic amines) is 1. The first kappa shape index (κ1) is 12.0. The van der Waals surface area contributed by atoms with Crippen LogP contribution in [-0.2, 0) is 11.3 Å². The zero-order valence-electron chi connectivity index (χ0n) is 10.4. The lowest BCUT2D eigenvalue weighted by atomic mass is 10.1. The molecule has 1 saturated heterocycles. The van der Waals surface area contributed by atoms with Gasteiger partial charge in [-0.05, 0) is 17.7 Å². The molecule has 4 heteroatoms. The van der Waals surface area contributed by atoms with Crippen LogP contribution in [-0.4, -0.2) is 22.0 Å². The highest BCUT2D eigenvalue weighted by Crippen LogP contribution is 2.34. The lowest BCUT2D eigenvalue weighted by Crippen LogP contribution is -2.30. The minimum atomic E-state index is -0.932. The van der Waals surface area contributed by atoms with Crippen LogP contribution in [0.3, 0.4) is 0 Å². The van der Waals surface area contributed by atoms with Gasteiger partial charge in [0, 0.05) is 13.0 Å². The fourth-order valence-electron chi connectivity index (χ4n) is 2.50. The van der Waals surface area contributed by atoms with Crippen molar-refractivity contribution in [2.75, 3.05) is 0 Å². The maximum atomic E-state index is 12.0. The molecule has 0 bridgehead atoms. The monoisotopic (exact) mass is 257 g/mol. The highest BCUT2D eigenvalue weighted by molar-refractivity contribution is 5.83. The van der Waals surface area contributed by atoms with E-state index in [1.807, 2.05) is 36.4 Å². The van der Waals surface area contributed by atoms with E-state index in [0.717, 1.165) is 11.3 Å². The van der Waals surface area contributed by atoms with Crippen LogP contribution >= 0.6 is 0 Å². The van der Waals surface area contributed by atoms with Crippen LogP contribution in [0.4, 0.5) is 0 Å². The average Bonchev–Trinajstić information content (AvgIpc) is 3.04. The summed E-state index contributed by atoms with van der Waals surface area (Å²) < 4.78 is 5.38. The topological polar surface area (TPSA) is 53.7 Å². The smallest absolute Gasteiger partial charge is 0.252 e. The second kappa shape index (κ2) is 4.90. The summed E-state index contributed by atoms with van der Waals surface area (Å²) in [5.41, 5.74) is 1.04. The van der Waals surface area contributed by atoms with Crippen molar-refractivity contribution in [1.29, 1.82) is 0 Å². The van der Waals surface area contributed by atoms with E-state index in [2.05, 4.69) is 0 Å². The van der Waals surface area contributed by atoms with E-state index in [-0.39, 0.29) is 11.9 Å². The number of hydrogen-bond donors (Lipinski definition) is 1. The Balaban J connectivity index is 1.86. The second-order valence-electron chi connectivity index (χ2n) is 4.73. The SMILES string of the molecule is O=C1[C@H](O)C[C@@H](c2ccco2)N1Cc1ccccc1. The first-order valence-corrected chi connectivity index (χ1v) is 6.31. The molecule has 2 atom stereocenters. The number of aliphatic hydroxyl groups is 1. The van der Waals surface area contributed by atoms with E-state index in [0.29, 0.717) is 13.0 Å². The Morgan fingerprint density at radius 3 is 2.68 bits per heavy atom. The van der Waals surface area contributed by atoms with E-state index < -0.39 is 6.10 Å². The van der Waals surface area contributed by atoms with E-state index in [9.17, 15) is 9.90 Å². The number of nitrogens with zero attached hydrogens (tertiary/aromatic N) is 1. The molecule has 0 aliphatic carbocycles. The van der Waals surface area contributed by atoms with Crippen molar-refractivity contribution in [3.63, 3.8) is 0 Å². The first-order valence-electron chi connectivity index (χ1n) is 6.31. The van der Waals surface area contributed by atoms with Crippen LogP contribution in [0, 0.1) is 0 Å². The summed E-state index contributed by atoms with van der Waals surface area (Å²) in [6.07, 6.45) is 1.04. The number of carbonyl (C=O) groups is 1. The lowest BCUT2D eigenvalue weighted by Gasteiger charge is -2.23. The summed E-state index contributed by atoms with van der Waals surface area (Å²) in [4.78, 5) is 13.7. The fraction of sp³-hybridized carbons (Fsp3) is 0.267. The fourth-order valence-corrected chi connectivity index (χ4v) is 2.50. The zero-order chi connectivity index (χ0) is 13.2. The number of rotatable bonds is 3. The molecule has 1 fully saturated rings. The predicted octanol–water partition coefficient (Wildman–Crippen LogP) is 2.11. The Labute approximate surface area is 111 Å². The van der Waals surface area contributed by atoms with Gasteiger partial charge in [0.05, 0.1) is 12.3 Å². The summed E-state index contributed by atoms with van der Waals surface area (Å²) in [6.45, 7) is 0.488. The van der Waals surface area contributed by atoms with Crippen LogP contribution in [0.25, 0.3) is 0 Å². The van der Waals surface area contributed by atoms with Crippen LogP contribution in [0.2, 0.25) is 0 Å². The molecule has 19 heavy (non-hydrogen) atoms. The third kappa shape index (κ3) is 2.27. The largest absolute Gasteiger partial charge is 0.467 e. The number of amides is 1. The number of benzene rings is 1. The number of hydrogen-bond acceptors (Lipinski definition) is 3. The molecular formula is C15H15NO3. The van der Waals surface area contributed by atoms with Gasteiger partial charge in [-0.25, -0.2) is 0 Å². The Kier molecular flexibility index (Phi) is 3.09. The van der Waals surface area contributed by atoms with Gasteiger partial charge in [-0.3, -0.25) is 4.79 Å². The predicted molar refractivity (Wildman–Crippen MR) is 69.1 cm³/mol. The zero-order valence-corrected chi connectivity index (χ0v) is 10.4. The lowest BCUT2D eigenvalue weighted by molar-refractivity contribution is -0.136. The van der Waals surface area contributed by atoms with Crippen molar-refractivity contribution >= 4 is 5.91 Å². The Morgan fingerprint density at radius 2 is 2.00 bits per heavy atom. The molecule has 0 radical (unpaired) electrons. The normalized spacial score (nSPS) is 23.0. The quantitative estimate of drug-likeness (QED) is 0.916. The second-order valence-corrected chi connectivity index (χ2v) is 4.73. The number of furan rings is 1. The summed E-state index contributed by atoms with van der Waals surface area (Å²) in [7, 11) is 0. The maximum Gasteiger partial charge on any atom is 0.252 e. The van der Waals surface area contributed by atoms with Gasteiger partial charge in [0.15, 0.2) is 0 Å². The Bertz CT molecular complexity index is 550. The van der Waals surface area contributed by atoms with Crippen LogP contribution < -0.4 is 0 Å². The number of aliphatic hydroxyl groups excluding tert-OH is 1. The van der Waals surface area contributed by atoms with E-state index in [4.69, 9.17) is 4.42 Å². The number of carbonyl (C=O) groups excluding carboxylic acids is 1. The van der Waals surface area contributed by atoms with Gasteiger partial charge >= 0.3 is 0 Å². The molecule has 2 aromatic rings. The Morgan fingerprint density at radius 1 is 1.21 bits per heavy atom. The average molecular weight is 257 g/mol. The van der Waals surface area contributed by atoms with Gasteiger partial charge in [0.25, 0.3) is 5.91 Å². The maximum absolute atomic E-state index is 12.0. The summed E-state index contributed by atoms with van der Waals surface area (Å²) in [5.74, 6) is 0.492. The van der Waals surface area contributed by atoms with Gasteiger partial charge in [-0.15, -0.1) is 0 Å². The van der Waals surface area contributed by atoms with Crippen molar-refractivity contribution in [1.82, 2.24) is 4.90 Å². The van der Waals surface area contributed by atoms with Crippen molar-refractivity contribution < 1.29 is 14.3 Å². The molecule has 0 unspecified atom stereocenters. The molecule has 1 aliphatic heterocycles. The van der Waals surface area contributed by atoms with Gasteiger partial charge in [0.2, 0.25) is 0 Å². The van der Waals surface area contributed by atoms with Crippen LogP contribution in [0.5, 0.6) is 0 Å². The molecule has 98 valence electrons. The van der Waals surface area contributed by atoms with E-state index >= 15 is 0 Å². The molecule has 2 heterocycles. The molecule has 1 aliphatic rings. The van der Waals surface area contributed by atoms with Crippen LogP contribution in [0.15, 0.2) is 53.1 Å².